The van der Waals surface area contributed by atoms with E-state index in [2.05, 4.69) is 11.5 Å². The van der Waals surface area contributed by atoms with Gasteiger partial charge in [-0.25, -0.2) is 4.79 Å². The Hall–Kier alpha value is -4.93. The Morgan fingerprint density at radius 1 is 1.00 bits per heavy atom. The van der Waals surface area contributed by atoms with Gasteiger partial charge < -0.3 is 28.6 Å². The van der Waals surface area contributed by atoms with Crippen molar-refractivity contribution in [2.75, 3.05) is 24.7 Å². The van der Waals surface area contributed by atoms with E-state index in [1.165, 1.54) is 0 Å². The first kappa shape index (κ1) is 36.4. The molecule has 1 N–H and O–H groups in total. The van der Waals surface area contributed by atoms with Gasteiger partial charge in [-0.15, -0.1) is 0 Å². The molecule has 1 amide bonds. The normalized spacial score (nSPS) is 14.4. The van der Waals surface area contributed by atoms with Crippen LogP contribution in [0, 0.1) is 27.7 Å². The number of hydrogen-bond acceptors (Lipinski definition) is 6. The SMILES string of the molecule is CCOC(=O)c1cc2cc(O)cc(N3C[C@@H](C)n4c(c(CCCOc5cc(C)c(Cl)c(C)c5)c5ccc(Cl)c(-c6c(C)nn(C)c6C)c54)C3=O)c2n1C. The quantitative estimate of drug-likeness (QED) is 0.117. The molecule has 3 aromatic heterocycles. The maximum Gasteiger partial charge on any atom is 0.354 e. The summed E-state index contributed by atoms with van der Waals surface area (Å²) in [6.07, 6.45) is 1.18. The molecule has 12 heteroatoms. The Bertz CT molecular complexity index is 2450. The third-order valence-corrected chi connectivity index (χ3v) is 11.3. The minimum absolute atomic E-state index is 0.0123. The fourth-order valence-corrected chi connectivity index (χ4v) is 8.37. The monoisotopic (exact) mass is 755 g/mol. The van der Waals surface area contributed by atoms with E-state index in [-0.39, 0.29) is 24.3 Å². The highest BCUT2D eigenvalue weighted by Gasteiger charge is 2.38. The van der Waals surface area contributed by atoms with Crippen molar-refractivity contribution in [3.05, 3.63) is 92.0 Å². The summed E-state index contributed by atoms with van der Waals surface area (Å²) in [5, 5.41) is 18.5. The number of benzene rings is 3. The van der Waals surface area contributed by atoms with Crippen LogP contribution in [0.2, 0.25) is 10.0 Å². The number of carbonyl (C=O) groups is 2. The van der Waals surface area contributed by atoms with Gasteiger partial charge in [0.2, 0.25) is 0 Å². The Labute approximate surface area is 318 Å². The van der Waals surface area contributed by atoms with Gasteiger partial charge in [0.15, 0.2) is 0 Å². The number of halogens is 2. The largest absolute Gasteiger partial charge is 0.508 e. The van der Waals surface area contributed by atoms with Crippen molar-refractivity contribution in [1.82, 2.24) is 18.9 Å². The zero-order valence-electron chi connectivity index (χ0n) is 31.2. The minimum Gasteiger partial charge on any atom is -0.508 e. The van der Waals surface area contributed by atoms with Crippen molar-refractivity contribution in [1.29, 1.82) is 0 Å². The number of esters is 1. The molecular formula is C41H43Cl2N5O5. The van der Waals surface area contributed by atoms with Gasteiger partial charge in [0.25, 0.3) is 5.91 Å². The number of rotatable bonds is 9. The summed E-state index contributed by atoms with van der Waals surface area (Å²) in [4.78, 5) is 29.7. The standard InChI is InChI=1S/C41H43Cl2N5O5/c1-9-52-41(51)33-18-26-17-27(49)19-32(37(26)45(33)7)47-20-23(4)48-38-30(12-13-31(42)35(38)34-24(5)44-46(8)25(34)6)29(39(48)40(47)50)11-10-14-53-28-15-21(2)36(43)22(3)16-28/h12-13,15-19,23,49H,9-11,14,20H2,1-8H3/t23-/m1/s1. The molecule has 10 nitrogen and oxygen atoms in total. The second-order valence-electron chi connectivity index (χ2n) is 14.0. The lowest BCUT2D eigenvalue weighted by Crippen LogP contribution is -2.43. The lowest BCUT2D eigenvalue weighted by molar-refractivity contribution is 0.0515. The summed E-state index contributed by atoms with van der Waals surface area (Å²) in [5.74, 6) is 0.0422. The second-order valence-corrected chi connectivity index (χ2v) is 14.8. The molecule has 276 valence electrons. The van der Waals surface area contributed by atoms with Gasteiger partial charge >= 0.3 is 5.97 Å². The number of anilines is 1. The molecule has 0 unspecified atom stereocenters. The number of aromatic nitrogens is 4. The zero-order chi connectivity index (χ0) is 38.0. The predicted molar refractivity (Wildman–Crippen MR) is 210 cm³/mol. The van der Waals surface area contributed by atoms with Crippen molar-refractivity contribution in [2.45, 2.75) is 60.4 Å². The van der Waals surface area contributed by atoms with Crippen molar-refractivity contribution in [3.63, 3.8) is 0 Å². The highest BCUT2D eigenvalue weighted by atomic mass is 35.5. The van der Waals surface area contributed by atoms with Gasteiger partial charge in [-0.05, 0) is 101 Å². The van der Waals surface area contributed by atoms with E-state index in [1.807, 2.05) is 63.7 Å². The summed E-state index contributed by atoms with van der Waals surface area (Å²) in [6, 6.07) is 12.5. The fourth-order valence-electron chi connectivity index (χ4n) is 8.01. The molecule has 0 aliphatic carbocycles. The number of aromatic hydroxyl groups is 1. The van der Waals surface area contributed by atoms with Crippen LogP contribution in [0.15, 0.2) is 42.5 Å². The number of fused-ring (bicyclic) bond motifs is 4. The second kappa shape index (κ2) is 13.8. The molecule has 1 aliphatic heterocycles. The minimum atomic E-state index is -0.478. The topological polar surface area (TPSA) is 104 Å². The van der Waals surface area contributed by atoms with Gasteiger partial charge in [-0.1, -0.05) is 29.3 Å². The number of phenols is 1. The van der Waals surface area contributed by atoms with Crippen LogP contribution in [-0.2, 0) is 25.3 Å². The summed E-state index contributed by atoms with van der Waals surface area (Å²) in [6.45, 7) is 12.7. The van der Waals surface area contributed by atoms with Crippen LogP contribution in [0.1, 0.15) is 75.4 Å². The van der Waals surface area contributed by atoms with Gasteiger partial charge in [0.1, 0.15) is 22.9 Å². The van der Waals surface area contributed by atoms with Crippen molar-refractivity contribution >= 4 is 62.6 Å². The average molecular weight is 757 g/mol. The van der Waals surface area contributed by atoms with Crippen LogP contribution in [0.5, 0.6) is 11.5 Å². The van der Waals surface area contributed by atoms with E-state index in [0.29, 0.717) is 59.0 Å². The summed E-state index contributed by atoms with van der Waals surface area (Å²) in [7, 11) is 3.69. The third-order valence-electron chi connectivity index (χ3n) is 10.4. The molecule has 7 rings (SSSR count). The molecule has 4 heterocycles. The van der Waals surface area contributed by atoms with Gasteiger partial charge in [0.05, 0.1) is 40.7 Å². The predicted octanol–water partition coefficient (Wildman–Crippen LogP) is 9.19. The lowest BCUT2D eigenvalue weighted by Gasteiger charge is -2.35. The van der Waals surface area contributed by atoms with Crippen molar-refractivity contribution in [2.24, 2.45) is 14.1 Å². The van der Waals surface area contributed by atoms with Crippen LogP contribution in [-0.4, -0.2) is 55.7 Å². The molecule has 3 aromatic carbocycles. The number of aryl methyl sites for hydroxylation is 6. The lowest BCUT2D eigenvalue weighted by atomic mass is 9.98. The molecule has 0 radical (unpaired) electrons. The Kier molecular flexibility index (Phi) is 9.49. The van der Waals surface area contributed by atoms with Crippen LogP contribution >= 0.6 is 23.2 Å². The number of amides is 1. The highest BCUT2D eigenvalue weighted by molar-refractivity contribution is 6.35. The van der Waals surface area contributed by atoms with Crippen LogP contribution in [0.3, 0.4) is 0 Å². The molecule has 0 bridgehead atoms. The Morgan fingerprint density at radius 2 is 1.72 bits per heavy atom. The first-order valence-electron chi connectivity index (χ1n) is 17.8. The van der Waals surface area contributed by atoms with Crippen molar-refractivity contribution < 1.29 is 24.2 Å². The summed E-state index contributed by atoms with van der Waals surface area (Å²) < 4.78 is 17.3. The van der Waals surface area contributed by atoms with Crippen LogP contribution < -0.4 is 9.64 Å². The van der Waals surface area contributed by atoms with E-state index >= 15 is 4.79 Å². The molecule has 0 fully saturated rings. The maximum atomic E-state index is 15.1. The van der Waals surface area contributed by atoms with E-state index in [0.717, 1.165) is 60.9 Å². The average Bonchev–Trinajstić information content (AvgIpc) is 3.71. The van der Waals surface area contributed by atoms with E-state index < -0.39 is 5.97 Å². The number of hydrogen-bond donors (Lipinski definition) is 1. The van der Waals surface area contributed by atoms with Crippen LogP contribution in [0.4, 0.5) is 5.69 Å². The van der Waals surface area contributed by atoms with Crippen LogP contribution in [0.25, 0.3) is 32.9 Å². The van der Waals surface area contributed by atoms with Crippen molar-refractivity contribution in [3.8, 4) is 22.6 Å². The number of nitrogens with zero attached hydrogens (tertiary/aromatic N) is 5. The maximum absolute atomic E-state index is 15.1. The number of carbonyl (C=O) groups excluding carboxylic acids is 2. The number of ether oxygens (including phenoxy) is 2. The third kappa shape index (κ3) is 6.02. The molecule has 0 saturated heterocycles. The Balaban J connectivity index is 1.39. The van der Waals surface area contributed by atoms with Gasteiger partial charge in [0, 0.05) is 65.4 Å². The molecule has 1 aliphatic rings. The molecule has 53 heavy (non-hydrogen) atoms. The summed E-state index contributed by atoms with van der Waals surface area (Å²) in [5.41, 5.74) is 9.31. The Morgan fingerprint density at radius 3 is 2.38 bits per heavy atom. The molecule has 6 aromatic rings. The summed E-state index contributed by atoms with van der Waals surface area (Å²) >= 11 is 13.5. The first-order chi connectivity index (χ1) is 25.2. The zero-order valence-corrected chi connectivity index (χ0v) is 32.7. The van der Waals surface area contributed by atoms with E-state index in [4.69, 9.17) is 37.8 Å². The first-order valence-corrected chi connectivity index (χ1v) is 18.6. The molecular weight excluding hydrogens is 713 g/mol. The van der Waals surface area contributed by atoms with E-state index in [1.54, 1.807) is 41.6 Å². The van der Waals surface area contributed by atoms with Gasteiger partial charge in [-0.2, -0.15) is 5.10 Å². The van der Waals surface area contributed by atoms with E-state index in [9.17, 15) is 9.90 Å². The fraction of sp³-hybridized carbons (Fsp3) is 0.341. The highest BCUT2D eigenvalue weighted by Crippen LogP contribution is 2.46. The van der Waals surface area contributed by atoms with Gasteiger partial charge in [-0.3, -0.25) is 9.48 Å². The smallest absolute Gasteiger partial charge is 0.354 e. The molecule has 0 saturated carbocycles. The molecule has 0 spiro atoms. The molecule has 1 atom stereocenters. The number of phenolic OH excluding ortho intramolecular Hbond substituents is 1.